The largest absolute Gasteiger partial charge is 0.490 e. The van der Waals surface area contributed by atoms with Gasteiger partial charge in [0.05, 0.1) is 40.9 Å². The monoisotopic (exact) mass is 705 g/mol. The van der Waals surface area contributed by atoms with Crippen molar-refractivity contribution < 1.29 is 41.0 Å². The molecule has 3 aromatic rings. The first kappa shape index (κ1) is 38.2. The van der Waals surface area contributed by atoms with Crippen molar-refractivity contribution in [2.75, 3.05) is 38.1 Å². The zero-order chi connectivity index (χ0) is 35.8. The van der Waals surface area contributed by atoms with Crippen LogP contribution in [0, 0.1) is 5.92 Å². The number of nitrogens with one attached hydrogen (secondary N) is 1. The maximum Gasteiger partial charge on any atom is 0.416 e. The Morgan fingerprint density at radius 2 is 1.73 bits per heavy atom. The highest BCUT2D eigenvalue weighted by atomic mass is 32.2. The van der Waals surface area contributed by atoms with Gasteiger partial charge in [-0.3, -0.25) is 14.4 Å². The topological polar surface area (TPSA) is 108 Å². The number of hydrogen-bond acceptors (Lipinski definition) is 7. The van der Waals surface area contributed by atoms with Crippen molar-refractivity contribution in [3.05, 3.63) is 89.5 Å². The van der Waals surface area contributed by atoms with Gasteiger partial charge in [-0.05, 0) is 88.2 Å². The minimum Gasteiger partial charge on any atom is -0.490 e. The molecule has 0 radical (unpaired) electrons. The van der Waals surface area contributed by atoms with E-state index >= 15 is 0 Å². The standard InChI is InChI=1S/C36H46F3N3O6S/c1-25-21-42(26(2)24-43)35(44)32-20-30(40-49(45,46)31-11-6-5-7-12-31)17-18-33(32)48-27(3)10-8-9-19-47-34(25)23-41(4)22-28-13-15-29(16-14-28)36(37,38)39/h5-7,11-18,20,25-27,34,40,43H,8-10,19,21-24H2,1-4H3/t25-,26+,27-,34-/m1/s1. The zero-order valence-electron chi connectivity index (χ0n) is 28.3. The van der Waals surface area contributed by atoms with E-state index in [1.54, 1.807) is 42.2 Å². The van der Waals surface area contributed by atoms with Crippen molar-refractivity contribution in [2.45, 2.75) is 75.9 Å². The summed E-state index contributed by atoms with van der Waals surface area (Å²) in [5.41, 5.74) is 0.358. The number of nitrogens with zero attached hydrogens (tertiary/aromatic N) is 2. The van der Waals surface area contributed by atoms with Crippen molar-refractivity contribution in [3.63, 3.8) is 0 Å². The lowest BCUT2D eigenvalue weighted by Crippen LogP contribution is -2.47. The van der Waals surface area contributed by atoms with Crippen LogP contribution < -0.4 is 9.46 Å². The first-order valence-electron chi connectivity index (χ1n) is 16.4. The van der Waals surface area contributed by atoms with Gasteiger partial charge in [0, 0.05) is 37.8 Å². The number of likely N-dealkylation sites (N-methyl/N-ethyl adjacent to an activating group) is 1. The normalized spacial score (nSPS) is 20.6. The van der Waals surface area contributed by atoms with E-state index in [9.17, 15) is 31.5 Å². The van der Waals surface area contributed by atoms with Crippen molar-refractivity contribution >= 4 is 21.6 Å². The molecule has 13 heteroatoms. The van der Waals surface area contributed by atoms with Crippen LogP contribution in [0.25, 0.3) is 0 Å². The van der Waals surface area contributed by atoms with Gasteiger partial charge in [-0.1, -0.05) is 37.3 Å². The average molecular weight is 706 g/mol. The Balaban J connectivity index is 1.60. The van der Waals surface area contributed by atoms with Gasteiger partial charge in [-0.2, -0.15) is 13.2 Å². The van der Waals surface area contributed by atoms with Crippen molar-refractivity contribution in [2.24, 2.45) is 5.92 Å². The predicted octanol–water partition coefficient (Wildman–Crippen LogP) is 6.43. The summed E-state index contributed by atoms with van der Waals surface area (Å²) in [6.07, 6.45) is -2.76. The van der Waals surface area contributed by atoms with E-state index in [-0.39, 0.29) is 47.4 Å². The highest BCUT2D eigenvalue weighted by molar-refractivity contribution is 7.92. The Bertz CT molecular complexity index is 1620. The van der Waals surface area contributed by atoms with Crippen LogP contribution in [0.5, 0.6) is 5.75 Å². The van der Waals surface area contributed by atoms with Crippen LogP contribution in [-0.4, -0.2) is 80.8 Å². The van der Waals surface area contributed by atoms with Crippen molar-refractivity contribution in [3.8, 4) is 5.75 Å². The molecule has 0 aromatic heterocycles. The lowest BCUT2D eigenvalue weighted by Gasteiger charge is -2.36. The smallest absolute Gasteiger partial charge is 0.416 e. The van der Waals surface area contributed by atoms with Gasteiger partial charge in [0.1, 0.15) is 5.75 Å². The van der Waals surface area contributed by atoms with E-state index in [4.69, 9.17) is 9.47 Å². The third-order valence-corrected chi connectivity index (χ3v) is 9.98. The molecular weight excluding hydrogens is 659 g/mol. The fourth-order valence-corrected chi connectivity index (χ4v) is 6.82. The summed E-state index contributed by atoms with van der Waals surface area (Å²) in [5.74, 6) is -0.353. The van der Waals surface area contributed by atoms with Gasteiger partial charge in [0.25, 0.3) is 15.9 Å². The van der Waals surface area contributed by atoms with E-state index < -0.39 is 33.7 Å². The third-order valence-electron chi connectivity index (χ3n) is 8.58. The molecule has 49 heavy (non-hydrogen) atoms. The quantitative estimate of drug-likeness (QED) is 0.264. The SMILES string of the molecule is C[C@@H]1CCCCO[C@H](CN(C)Cc2ccc(C(F)(F)F)cc2)[C@H](C)CN([C@@H](C)CO)C(=O)c2cc(NS(=O)(=O)c3ccccc3)ccc2O1. The van der Waals surface area contributed by atoms with Gasteiger partial charge < -0.3 is 19.5 Å². The first-order valence-corrected chi connectivity index (χ1v) is 17.9. The fraction of sp³-hybridized carbons (Fsp3) is 0.472. The number of anilines is 1. The summed E-state index contributed by atoms with van der Waals surface area (Å²) in [6.45, 7) is 6.79. The first-order chi connectivity index (χ1) is 23.2. The fourth-order valence-electron chi connectivity index (χ4n) is 5.74. The van der Waals surface area contributed by atoms with E-state index in [0.717, 1.165) is 30.5 Å². The van der Waals surface area contributed by atoms with Crippen LogP contribution in [0.4, 0.5) is 18.9 Å². The van der Waals surface area contributed by atoms with Crippen LogP contribution >= 0.6 is 0 Å². The molecule has 1 heterocycles. The minimum atomic E-state index is -4.41. The number of carbonyl (C=O) groups is 1. The average Bonchev–Trinajstić information content (AvgIpc) is 3.06. The molecule has 0 aliphatic carbocycles. The van der Waals surface area contributed by atoms with Gasteiger partial charge in [0.15, 0.2) is 0 Å². The second kappa shape index (κ2) is 16.8. The molecule has 1 amide bonds. The number of benzene rings is 3. The highest BCUT2D eigenvalue weighted by Crippen LogP contribution is 2.31. The van der Waals surface area contributed by atoms with E-state index in [0.29, 0.717) is 31.9 Å². The lowest BCUT2D eigenvalue weighted by atomic mass is 10.0. The number of aliphatic hydroxyl groups is 1. The summed E-state index contributed by atoms with van der Waals surface area (Å²) < 4.78 is 80.6. The number of sulfonamides is 1. The number of aliphatic hydroxyl groups excluding tert-OH is 1. The second-order valence-electron chi connectivity index (χ2n) is 12.8. The van der Waals surface area contributed by atoms with E-state index in [2.05, 4.69) is 4.72 Å². The zero-order valence-corrected chi connectivity index (χ0v) is 29.1. The number of rotatable bonds is 9. The Hall–Kier alpha value is -3.65. The number of carbonyl (C=O) groups excluding carboxylic acids is 1. The van der Waals surface area contributed by atoms with Crippen LogP contribution in [0.2, 0.25) is 0 Å². The molecule has 2 N–H and O–H groups in total. The number of fused-ring (bicyclic) bond motifs is 1. The molecular formula is C36H46F3N3O6S. The summed E-state index contributed by atoms with van der Waals surface area (Å²) in [5, 5.41) is 10.2. The molecule has 0 saturated heterocycles. The second-order valence-corrected chi connectivity index (χ2v) is 14.5. The maximum absolute atomic E-state index is 14.3. The lowest BCUT2D eigenvalue weighted by molar-refractivity contribution is -0.137. The summed E-state index contributed by atoms with van der Waals surface area (Å²) in [6, 6.07) is 17.0. The Kier molecular flexibility index (Phi) is 13.1. The highest BCUT2D eigenvalue weighted by Gasteiger charge is 2.32. The Morgan fingerprint density at radius 3 is 2.39 bits per heavy atom. The molecule has 0 spiro atoms. The molecule has 268 valence electrons. The molecule has 0 bridgehead atoms. The van der Waals surface area contributed by atoms with E-state index in [1.165, 1.54) is 30.3 Å². The number of alkyl halides is 3. The van der Waals surface area contributed by atoms with Gasteiger partial charge in [-0.25, -0.2) is 8.42 Å². The number of amides is 1. The molecule has 1 aliphatic heterocycles. The summed E-state index contributed by atoms with van der Waals surface area (Å²) in [4.78, 5) is 17.9. The van der Waals surface area contributed by atoms with Crippen LogP contribution in [0.1, 0.15) is 61.5 Å². The molecule has 0 unspecified atom stereocenters. The molecule has 4 atom stereocenters. The molecule has 0 saturated carbocycles. The van der Waals surface area contributed by atoms with Gasteiger partial charge in [0.2, 0.25) is 0 Å². The molecule has 3 aromatic carbocycles. The molecule has 1 aliphatic rings. The Morgan fingerprint density at radius 1 is 1.04 bits per heavy atom. The van der Waals surface area contributed by atoms with Crippen molar-refractivity contribution in [1.82, 2.24) is 9.80 Å². The number of halogens is 3. The van der Waals surface area contributed by atoms with Crippen LogP contribution in [0.15, 0.2) is 77.7 Å². The molecule has 9 nitrogen and oxygen atoms in total. The maximum atomic E-state index is 14.3. The Labute approximate surface area is 287 Å². The minimum absolute atomic E-state index is 0.0740. The molecule has 0 fully saturated rings. The van der Waals surface area contributed by atoms with E-state index in [1.807, 2.05) is 25.8 Å². The summed E-state index contributed by atoms with van der Waals surface area (Å²) >= 11 is 0. The van der Waals surface area contributed by atoms with Crippen molar-refractivity contribution in [1.29, 1.82) is 0 Å². The van der Waals surface area contributed by atoms with Crippen LogP contribution in [0.3, 0.4) is 0 Å². The number of hydrogen-bond donors (Lipinski definition) is 2. The van der Waals surface area contributed by atoms with Crippen LogP contribution in [-0.2, 0) is 27.5 Å². The predicted molar refractivity (Wildman–Crippen MR) is 182 cm³/mol. The van der Waals surface area contributed by atoms with Gasteiger partial charge >= 0.3 is 6.18 Å². The number of ether oxygens (including phenoxy) is 2. The summed E-state index contributed by atoms with van der Waals surface area (Å²) in [7, 11) is -2.07. The third kappa shape index (κ3) is 10.7. The van der Waals surface area contributed by atoms with Gasteiger partial charge in [-0.15, -0.1) is 0 Å². The molecule has 4 rings (SSSR count).